The normalized spacial score (nSPS) is 25.3. The zero-order valence-corrected chi connectivity index (χ0v) is 20.1. The molecule has 2 aromatic carbocycles. The summed E-state index contributed by atoms with van der Waals surface area (Å²) in [4.78, 5) is 26.7. The maximum absolute atomic E-state index is 13.1. The molecule has 0 spiro atoms. The van der Waals surface area contributed by atoms with E-state index in [2.05, 4.69) is 15.9 Å². The average Bonchev–Trinajstić information content (AvgIpc) is 3.29. The number of rotatable bonds is 9. The number of hydrogen-bond donors (Lipinski definition) is 0. The SMILES string of the molecule is CCOC(=O)C[C@@H](COCc1ccccc1)[C@@H]1OC(=O)N2[C@H](OC[C@H]2c2ccccc2)[C@H]1Br. The molecule has 4 rings (SSSR count). The van der Waals surface area contributed by atoms with Gasteiger partial charge in [0, 0.05) is 5.92 Å². The molecule has 2 heterocycles. The van der Waals surface area contributed by atoms with Gasteiger partial charge in [0.15, 0.2) is 6.23 Å². The first-order valence-corrected chi connectivity index (χ1v) is 12.1. The van der Waals surface area contributed by atoms with Crippen LogP contribution in [-0.4, -0.2) is 53.9 Å². The topological polar surface area (TPSA) is 74.3 Å². The van der Waals surface area contributed by atoms with E-state index in [9.17, 15) is 9.59 Å². The van der Waals surface area contributed by atoms with Gasteiger partial charge in [0.2, 0.25) is 0 Å². The molecule has 0 unspecified atom stereocenters. The molecule has 5 atom stereocenters. The van der Waals surface area contributed by atoms with Crippen LogP contribution in [0.15, 0.2) is 60.7 Å². The third-order valence-corrected chi connectivity index (χ3v) is 6.87. The molecule has 2 fully saturated rings. The van der Waals surface area contributed by atoms with Crippen LogP contribution in [0.5, 0.6) is 0 Å². The third-order valence-electron chi connectivity index (χ3n) is 5.90. The van der Waals surface area contributed by atoms with Crippen molar-refractivity contribution in [1.82, 2.24) is 4.90 Å². The molecule has 0 aromatic heterocycles. The van der Waals surface area contributed by atoms with Gasteiger partial charge in [-0.3, -0.25) is 9.69 Å². The van der Waals surface area contributed by atoms with Crippen molar-refractivity contribution in [1.29, 1.82) is 0 Å². The smallest absolute Gasteiger partial charge is 0.412 e. The predicted octanol–water partition coefficient (Wildman–Crippen LogP) is 4.45. The number of carbonyl (C=O) groups excluding carboxylic acids is 2. The van der Waals surface area contributed by atoms with Gasteiger partial charge in [-0.05, 0) is 18.1 Å². The second kappa shape index (κ2) is 11.1. The number of cyclic esters (lactones) is 1. The van der Waals surface area contributed by atoms with Gasteiger partial charge in [-0.15, -0.1) is 0 Å². The molecule has 0 aliphatic carbocycles. The second-order valence-corrected chi connectivity index (χ2v) is 9.18. The quantitative estimate of drug-likeness (QED) is 0.361. The number of halogens is 1. The molecule has 0 saturated carbocycles. The molecular weight excluding hydrogens is 490 g/mol. The molecule has 1 amide bonds. The van der Waals surface area contributed by atoms with Gasteiger partial charge >= 0.3 is 12.1 Å². The van der Waals surface area contributed by atoms with Crippen molar-refractivity contribution in [3.05, 3.63) is 71.8 Å². The van der Waals surface area contributed by atoms with Crippen LogP contribution in [0.2, 0.25) is 0 Å². The lowest BCUT2D eigenvalue weighted by Crippen LogP contribution is -2.57. The largest absolute Gasteiger partial charge is 0.466 e. The fourth-order valence-corrected chi connectivity index (χ4v) is 5.25. The maximum Gasteiger partial charge on any atom is 0.412 e. The average molecular weight is 518 g/mol. The summed E-state index contributed by atoms with van der Waals surface area (Å²) in [6, 6.07) is 19.3. The molecule has 0 radical (unpaired) electrons. The predicted molar refractivity (Wildman–Crippen MR) is 125 cm³/mol. The summed E-state index contributed by atoms with van der Waals surface area (Å²) < 4.78 is 23.0. The van der Waals surface area contributed by atoms with E-state index in [0.29, 0.717) is 13.2 Å². The van der Waals surface area contributed by atoms with Crippen molar-refractivity contribution >= 4 is 28.0 Å². The summed E-state index contributed by atoms with van der Waals surface area (Å²) in [5.41, 5.74) is 2.02. The van der Waals surface area contributed by atoms with Crippen LogP contribution in [0.1, 0.15) is 30.5 Å². The number of nitrogens with zero attached hydrogens (tertiary/aromatic N) is 1. The fourth-order valence-electron chi connectivity index (χ4n) is 4.30. The zero-order chi connectivity index (χ0) is 23.2. The van der Waals surface area contributed by atoms with Crippen LogP contribution in [0, 0.1) is 5.92 Å². The van der Waals surface area contributed by atoms with Gasteiger partial charge < -0.3 is 18.9 Å². The Morgan fingerprint density at radius 2 is 1.85 bits per heavy atom. The van der Waals surface area contributed by atoms with Crippen molar-refractivity contribution in [3.63, 3.8) is 0 Å². The summed E-state index contributed by atoms with van der Waals surface area (Å²) in [7, 11) is 0. The van der Waals surface area contributed by atoms with Crippen LogP contribution >= 0.6 is 15.9 Å². The van der Waals surface area contributed by atoms with E-state index in [1.165, 1.54) is 0 Å². The summed E-state index contributed by atoms with van der Waals surface area (Å²) in [5.74, 6) is -0.735. The number of alkyl halides is 1. The fraction of sp³-hybridized carbons (Fsp3) is 0.440. The van der Waals surface area contributed by atoms with Crippen LogP contribution < -0.4 is 0 Å². The highest BCUT2D eigenvalue weighted by molar-refractivity contribution is 9.09. The van der Waals surface area contributed by atoms with Crippen LogP contribution in [0.25, 0.3) is 0 Å². The van der Waals surface area contributed by atoms with E-state index >= 15 is 0 Å². The van der Waals surface area contributed by atoms with Gasteiger partial charge in [-0.1, -0.05) is 76.6 Å². The Balaban J connectivity index is 1.47. The number of esters is 1. The third kappa shape index (κ3) is 5.57. The minimum atomic E-state index is -0.603. The summed E-state index contributed by atoms with van der Waals surface area (Å²) in [5, 5.41) is 0. The lowest BCUT2D eigenvalue weighted by atomic mass is 9.94. The molecule has 2 aliphatic heterocycles. The van der Waals surface area contributed by atoms with E-state index in [-0.39, 0.29) is 42.4 Å². The van der Waals surface area contributed by atoms with Crippen molar-refractivity contribution in [2.24, 2.45) is 5.92 Å². The molecule has 7 nitrogen and oxygen atoms in total. The molecule has 0 bridgehead atoms. The Morgan fingerprint density at radius 1 is 1.15 bits per heavy atom. The van der Waals surface area contributed by atoms with E-state index in [1.54, 1.807) is 11.8 Å². The molecule has 2 saturated heterocycles. The molecule has 2 aromatic rings. The number of amides is 1. The Labute approximate surface area is 202 Å². The maximum atomic E-state index is 13.1. The molecule has 33 heavy (non-hydrogen) atoms. The Bertz CT molecular complexity index is 927. The van der Waals surface area contributed by atoms with Gasteiger partial charge in [0.25, 0.3) is 0 Å². The first-order chi connectivity index (χ1) is 16.1. The van der Waals surface area contributed by atoms with Crippen molar-refractivity contribution in [3.8, 4) is 0 Å². The van der Waals surface area contributed by atoms with Gasteiger partial charge in [0.05, 0.1) is 43.7 Å². The van der Waals surface area contributed by atoms with Gasteiger partial charge in [-0.25, -0.2) is 4.79 Å². The van der Waals surface area contributed by atoms with E-state index in [4.69, 9.17) is 18.9 Å². The van der Waals surface area contributed by atoms with E-state index in [1.807, 2.05) is 60.7 Å². The monoisotopic (exact) mass is 517 g/mol. The first kappa shape index (κ1) is 23.7. The van der Waals surface area contributed by atoms with Crippen LogP contribution in [0.4, 0.5) is 4.79 Å². The highest BCUT2D eigenvalue weighted by atomic mass is 79.9. The number of carbonyl (C=O) groups is 2. The zero-order valence-electron chi connectivity index (χ0n) is 18.5. The number of ether oxygens (including phenoxy) is 4. The first-order valence-electron chi connectivity index (χ1n) is 11.1. The van der Waals surface area contributed by atoms with E-state index in [0.717, 1.165) is 11.1 Å². The van der Waals surface area contributed by atoms with Crippen LogP contribution in [-0.2, 0) is 30.3 Å². The Morgan fingerprint density at radius 3 is 2.55 bits per heavy atom. The Kier molecular flexibility index (Phi) is 8.01. The minimum Gasteiger partial charge on any atom is -0.466 e. The lowest BCUT2D eigenvalue weighted by Gasteiger charge is -2.42. The van der Waals surface area contributed by atoms with Gasteiger partial charge in [-0.2, -0.15) is 0 Å². The highest BCUT2D eigenvalue weighted by Gasteiger charge is 2.52. The second-order valence-electron chi connectivity index (χ2n) is 8.12. The minimum absolute atomic E-state index is 0.0809. The van der Waals surface area contributed by atoms with Crippen molar-refractivity contribution in [2.75, 3.05) is 19.8 Å². The number of benzene rings is 2. The summed E-state index contributed by atoms with van der Waals surface area (Å²) >= 11 is 3.70. The lowest BCUT2D eigenvalue weighted by molar-refractivity contribution is -0.148. The highest BCUT2D eigenvalue weighted by Crippen LogP contribution is 2.41. The standard InChI is InChI=1S/C25H28BrNO6/c1-2-31-21(28)13-19(15-30-14-17-9-5-3-6-10-17)23-22(26)24-27(25(29)33-23)20(16-32-24)18-11-7-4-8-12-18/h3-12,19-20,22-24H,2,13-16H2,1H3/t19-,20-,22-,23-,24+/m0/s1. The molecular formula is C25H28BrNO6. The van der Waals surface area contributed by atoms with Crippen LogP contribution in [0.3, 0.4) is 0 Å². The number of hydrogen-bond acceptors (Lipinski definition) is 6. The van der Waals surface area contributed by atoms with Crippen molar-refractivity contribution in [2.45, 2.75) is 43.2 Å². The molecule has 0 N–H and O–H groups in total. The van der Waals surface area contributed by atoms with Gasteiger partial charge in [0.1, 0.15) is 6.10 Å². The summed E-state index contributed by atoms with van der Waals surface area (Å²) in [6.45, 7) is 3.07. The molecule has 176 valence electrons. The molecule has 8 heteroatoms. The molecule has 2 aliphatic rings. The van der Waals surface area contributed by atoms with E-state index < -0.39 is 18.4 Å². The van der Waals surface area contributed by atoms with Crippen molar-refractivity contribution < 1.29 is 28.5 Å². The number of fused-ring (bicyclic) bond motifs is 1. The Hall–Kier alpha value is -2.42. The summed E-state index contributed by atoms with van der Waals surface area (Å²) in [6.07, 6.45) is -1.48.